The maximum absolute atomic E-state index is 14.9. The van der Waals surface area contributed by atoms with Crippen LogP contribution in [0.25, 0.3) is 22.3 Å². The van der Waals surface area contributed by atoms with Crippen LogP contribution in [0.5, 0.6) is 5.75 Å². The molecular weight excluding hydrogens is 383 g/mol. The molecule has 0 N–H and O–H groups in total. The van der Waals surface area contributed by atoms with Crippen LogP contribution in [-0.2, 0) is 6.42 Å². The van der Waals surface area contributed by atoms with Gasteiger partial charge in [0, 0.05) is 6.42 Å². The van der Waals surface area contributed by atoms with Gasteiger partial charge in [-0.05, 0) is 83.5 Å². The molecule has 0 aromatic heterocycles. The molecule has 1 nitrogen and oxygen atoms in total. The fourth-order valence-electron chi connectivity index (χ4n) is 4.15. The summed E-state index contributed by atoms with van der Waals surface area (Å²) in [6, 6.07) is 26.3. The van der Waals surface area contributed by atoms with Gasteiger partial charge in [-0.2, -0.15) is 0 Å². The van der Waals surface area contributed by atoms with Crippen LogP contribution in [-0.4, -0.2) is 7.11 Å². The van der Waals surface area contributed by atoms with E-state index in [9.17, 15) is 4.39 Å². The fraction of sp³-hybridized carbons (Fsp3) is 0.172. The normalized spacial score (nSPS) is 10.9. The Hall–Kier alpha value is -3.39. The number of halogens is 1. The minimum atomic E-state index is -0.158. The molecular formula is C29H27FO. The number of ether oxygens (including phenoxy) is 1. The number of rotatable bonds is 5. The lowest BCUT2D eigenvalue weighted by molar-refractivity contribution is 0.415. The molecule has 0 bridgehead atoms. The topological polar surface area (TPSA) is 9.23 Å². The Bertz CT molecular complexity index is 1220. The zero-order chi connectivity index (χ0) is 22.0. The summed E-state index contributed by atoms with van der Waals surface area (Å²) in [6.07, 6.45) is 0.572. The monoisotopic (exact) mass is 410 g/mol. The number of methoxy groups -OCH3 is 1. The van der Waals surface area contributed by atoms with E-state index in [1.165, 1.54) is 16.7 Å². The van der Waals surface area contributed by atoms with Gasteiger partial charge in [-0.3, -0.25) is 0 Å². The van der Waals surface area contributed by atoms with E-state index in [-0.39, 0.29) is 5.82 Å². The minimum absolute atomic E-state index is 0.158. The summed E-state index contributed by atoms with van der Waals surface area (Å²) in [5.41, 5.74) is 9.70. The Morgan fingerprint density at radius 2 is 1.32 bits per heavy atom. The van der Waals surface area contributed by atoms with E-state index in [0.717, 1.165) is 33.6 Å². The Morgan fingerprint density at radius 1 is 0.677 bits per heavy atom. The first-order valence-electron chi connectivity index (χ1n) is 10.5. The van der Waals surface area contributed by atoms with Gasteiger partial charge in [0.05, 0.1) is 7.11 Å². The predicted molar refractivity (Wildman–Crippen MR) is 127 cm³/mol. The number of hydrogen-bond donors (Lipinski definition) is 0. The van der Waals surface area contributed by atoms with Crippen molar-refractivity contribution in [2.75, 3.05) is 7.11 Å². The molecule has 4 aromatic rings. The van der Waals surface area contributed by atoms with E-state index in [1.807, 2.05) is 24.3 Å². The lowest BCUT2D eigenvalue weighted by Gasteiger charge is -2.12. The van der Waals surface area contributed by atoms with Crippen molar-refractivity contribution in [2.45, 2.75) is 27.2 Å². The predicted octanol–water partition coefficient (Wildman–Crippen LogP) is 7.68. The Labute approximate surface area is 184 Å². The van der Waals surface area contributed by atoms with E-state index >= 15 is 0 Å². The highest BCUT2D eigenvalue weighted by Gasteiger charge is 2.10. The summed E-state index contributed by atoms with van der Waals surface area (Å²) >= 11 is 0. The Balaban J connectivity index is 1.57. The molecule has 0 amide bonds. The van der Waals surface area contributed by atoms with E-state index in [1.54, 1.807) is 13.2 Å². The van der Waals surface area contributed by atoms with E-state index in [2.05, 4.69) is 69.3 Å². The van der Waals surface area contributed by atoms with Crippen LogP contribution >= 0.6 is 0 Å². The van der Waals surface area contributed by atoms with E-state index in [4.69, 9.17) is 4.74 Å². The summed E-state index contributed by atoms with van der Waals surface area (Å²) in [5.74, 6) is 0.687. The molecule has 0 saturated carbocycles. The van der Waals surface area contributed by atoms with Gasteiger partial charge in [0.2, 0.25) is 0 Å². The second-order valence-corrected chi connectivity index (χ2v) is 8.18. The first kappa shape index (κ1) is 20.9. The molecule has 0 spiro atoms. The highest BCUT2D eigenvalue weighted by Crippen LogP contribution is 2.29. The van der Waals surface area contributed by atoms with Crippen molar-refractivity contribution in [3.8, 4) is 28.0 Å². The summed E-state index contributed by atoms with van der Waals surface area (Å²) in [6.45, 7) is 6.24. The largest absolute Gasteiger partial charge is 0.497 e. The molecule has 0 fully saturated rings. The molecule has 4 aromatic carbocycles. The van der Waals surface area contributed by atoms with Gasteiger partial charge < -0.3 is 4.74 Å². The van der Waals surface area contributed by atoms with Gasteiger partial charge in [0.25, 0.3) is 0 Å². The molecule has 0 unspecified atom stereocenters. The lowest BCUT2D eigenvalue weighted by Crippen LogP contribution is -1.96. The maximum Gasteiger partial charge on any atom is 0.127 e. The standard InChI is InChI=1S/C29H27FO/c1-19-5-13-28(20(2)15-19)24-7-8-25(29(30)18-24)17-22-6-14-27(21(3)16-22)23-9-11-26(31-4)12-10-23/h5-16,18H,17H2,1-4H3. The average Bonchev–Trinajstić information content (AvgIpc) is 2.75. The van der Waals surface area contributed by atoms with Crippen molar-refractivity contribution < 1.29 is 9.13 Å². The number of aryl methyl sites for hydroxylation is 3. The third kappa shape index (κ3) is 4.54. The van der Waals surface area contributed by atoms with Crippen LogP contribution in [0.1, 0.15) is 27.8 Å². The number of hydrogen-bond acceptors (Lipinski definition) is 1. The molecule has 4 rings (SSSR count). The quantitative estimate of drug-likeness (QED) is 0.328. The van der Waals surface area contributed by atoms with Gasteiger partial charge in [0.1, 0.15) is 11.6 Å². The molecule has 31 heavy (non-hydrogen) atoms. The van der Waals surface area contributed by atoms with Gasteiger partial charge in [-0.25, -0.2) is 4.39 Å². The molecule has 0 aliphatic rings. The minimum Gasteiger partial charge on any atom is -0.497 e. The highest BCUT2D eigenvalue weighted by atomic mass is 19.1. The zero-order valence-electron chi connectivity index (χ0n) is 18.5. The van der Waals surface area contributed by atoms with E-state index < -0.39 is 0 Å². The van der Waals surface area contributed by atoms with Gasteiger partial charge >= 0.3 is 0 Å². The van der Waals surface area contributed by atoms with Crippen molar-refractivity contribution in [3.63, 3.8) is 0 Å². The van der Waals surface area contributed by atoms with Crippen LogP contribution in [0.15, 0.2) is 78.9 Å². The Kier molecular flexibility index (Phi) is 5.90. The maximum atomic E-state index is 14.9. The molecule has 0 heterocycles. The average molecular weight is 411 g/mol. The molecule has 156 valence electrons. The van der Waals surface area contributed by atoms with Crippen LogP contribution in [0.2, 0.25) is 0 Å². The highest BCUT2D eigenvalue weighted by molar-refractivity contribution is 5.69. The van der Waals surface area contributed by atoms with Crippen LogP contribution in [0, 0.1) is 26.6 Å². The van der Waals surface area contributed by atoms with Crippen LogP contribution in [0.4, 0.5) is 4.39 Å². The molecule has 2 heteroatoms. The SMILES string of the molecule is COc1ccc(-c2ccc(Cc3ccc(-c4ccc(C)cc4C)cc3F)cc2C)cc1. The van der Waals surface area contributed by atoms with Crippen LogP contribution in [0.3, 0.4) is 0 Å². The Morgan fingerprint density at radius 3 is 1.97 bits per heavy atom. The zero-order valence-corrected chi connectivity index (χ0v) is 18.5. The van der Waals surface area contributed by atoms with Crippen molar-refractivity contribution in [1.29, 1.82) is 0 Å². The summed E-state index contributed by atoms with van der Waals surface area (Å²) in [7, 11) is 1.67. The van der Waals surface area contributed by atoms with Crippen molar-refractivity contribution in [1.82, 2.24) is 0 Å². The third-order valence-electron chi connectivity index (χ3n) is 5.83. The molecule has 0 radical (unpaired) electrons. The molecule has 0 aliphatic heterocycles. The summed E-state index contributed by atoms with van der Waals surface area (Å²) in [5, 5.41) is 0. The fourth-order valence-corrected chi connectivity index (χ4v) is 4.15. The molecule has 0 atom stereocenters. The van der Waals surface area contributed by atoms with Gasteiger partial charge in [0.15, 0.2) is 0 Å². The molecule has 0 aliphatic carbocycles. The first-order chi connectivity index (χ1) is 14.9. The van der Waals surface area contributed by atoms with E-state index in [0.29, 0.717) is 12.0 Å². The van der Waals surface area contributed by atoms with Crippen molar-refractivity contribution in [2.24, 2.45) is 0 Å². The summed E-state index contributed by atoms with van der Waals surface area (Å²) < 4.78 is 20.2. The number of benzene rings is 4. The second kappa shape index (κ2) is 8.77. The smallest absolute Gasteiger partial charge is 0.127 e. The van der Waals surface area contributed by atoms with Gasteiger partial charge in [-0.15, -0.1) is 0 Å². The second-order valence-electron chi connectivity index (χ2n) is 8.18. The first-order valence-corrected chi connectivity index (χ1v) is 10.5. The third-order valence-corrected chi connectivity index (χ3v) is 5.83. The molecule has 0 saturated heterocycles. The van der Waals surface area contributed by atoms with Crippen LogP contribution < -0.4 is 4.74 Å². The lowest BCUT2D eigenvalue weighted by atomic mass is 9.94. The van der Waals surface area contributed by atoms with Crippen molar-refractivity contribution in [3.05, 3.63) is 112 Å². The van der Waals surface area contributed by atoms with Gasteiger partial charge in [-0.1, -0.05) is 66.2 Å². The van der Waals surface area contributed by atoms with Crippen molar-refractivity contribution >= 4 is 0 Å². The summed E-state index contributed by atoms with van der Waals surface area (Å²) in [4.78, 5) is 0.